The minimum Gasteiger partial charge on any atom is -0.424 e. The van der Waals surface area contributed by atoms with Gasteiger partial charge in [0, 0.05) is 5.69 Å². The van der Waals surface area contributed by atoms with Gasteiger partial charge in [0.2, 0.25) is 5.91 Å². The van der Waals surface area contributed by atoms with E-state index in [1.165, 1.54) is 30.3 Å². The Labute approximate surface area is 158 Å². The molecule has 1 atom stereocenters. The summed E-state index contributed by atoms with van der Waals surface area (Å²) in [6.07, 6.45) is 0. The van der Waals surface area contributed by atoms with Crippen molar-refractivity contribution in [2.45, 2.75) is 12.2 Å². The van der Waals surface area contributed by atoms with Crippen LogP contribution in [-0.2, 0) is 9.59 Å². The summed E-state index contributed by atoms with van der Waals surface area (Å²) in [5.41, 5.74) is 0.480. The molecular weight excluding hydrogens is 388 g/mol. The lowest BCUT2D eigenvalue weighted by Crippen LogP contribution is -2.23. The maximum Gasteiger partial charge on any atom is 0.324 e. The van der Waals surface area contributed by atoms with Crippen molar-refractivity contribution in [1.29, 1.82) is 0 Å². The van der Waals surface area contributed by atoms with Crippen LogP contribution in [0.1, 0.15) is 6.92 Å². The molecule has 1 amide bonds. The number of amides is 1. The van der Waals surface area contributed by atoms with Crippen LogP contribution in [-0.4, -0.2) is 22.9 Å². The number of nitrogens with one attached hydrogen (secondary N) is 1. The summed E-state index contributed by atoms with van der Waals surface area (Å²) in [7, 11) is 0. The minimum atomic E-state index is -0.589. The number of anilines is 1. The average molecular weight is 402 g/mol. The number of carbonyl (C=O) groups is 2. The number of hydrogen-bond donors (Lipinski definition) is 1. The van der Waals surface area contributed by atoms with Gasteiger partial charge in [0.05, 0.1) is 10.8 Å². The van der Waals surface area contributed by atoms with E-state index in [0.717, 1.165) is 11.8 Å². The number of halogens is 3. The molecule has 132 valence electrons. The number of ether oxygens (including phenoxy) is 1. The Balaban J connectivity index is 1.83. The summed E-state index contributed by atoms with van der Waals surface area (Å²) in [5, 5.41) is 2.46. The second kappa shape index (κ2) is 9.08. The number of thioether (sulfide) groups is 1. The lowest BCUT2D eigenvalue weighted by atomic mass is 10.3. The predicted octanol–water partition coefficient (Wildman–Crippen LogP) is 4.80. The molecule has 0 radical (unpaired) electrons. The van der Waals surface area contributed by atoms with Crippen molar-refractivity contribution in [3.05, 3.63) is 58.3 Å². The Kier molecular flexibility index (Phi) is 7.11. The predicted molar refractivity (Wildman–Crippen MR) is 99.0 cm³/mol. The summed E-state index contributed by atoms with van der Waals surface area (Å²) < 4.78 is 18.0. The van der Waals surface area contributed by atoms with E-state index < -0.39 is 11.2 Å². The first-order valence-corrected chi connectivity index (χ1v) is 9.00. The monoisotopic (exact) mass is 401 g/mol. The standard InChI is InChI=1S/C17H14Cl2FNO3S/c1-10(17(23)24-14-4-2-3-13(18)16(14)19)25-9-15(22)21-12-7-5-11(20)6-8-12/h2-8,10H,9H2,1H3,(H,21,22)/t10-/m1/s1. The van der Waals surface area contributed by atoms with Gasteiger partial charge in [-0.05, 0) is 43.3 Å². The number of benzene rings is 2. The largest absolute Gasteiger partial charge is 0.424 e. The summed E-state index contributed by atoms with van der Waals surface area (Å²) in [5.74, 6) is -1.02. The van der Waals surface area contributed by atoms with E-state index in [4.69, 9.17) is 27.9 Å². The number of rotatable bonds is 6. The second-order valence-corrected chi connectivity index (χ2v) is 7.10. The fourth-order valence-electron chi connectivity index (χ4n) is 1.75. The van der Waals surface area contributed by atoms with Crippen LogP contribution in [0, 0.1) is 5.82 Å². The minimum absolute atomic E-state index is 0.0386. The van der Waals surface area contributed by atoms with E-state index in [-0.39, 0.29) is 33.3 Å². The van der Waals surface area contributed by atoms with Crippen LogP contribution in [0.3, 0.4) is 0 Å². The highest BCUT2D eigenvalue weighted by Crippen LogP contribution is 2.32. The molecule has 4 nitrogen and oxygen atoms in total. The van der Waals surface area contributed by atoms with Crippen LogP contribution in [0.4, 0.5) is 10.1 Å². The Bertz CT molecular complexity index is 771. The molecule has 0 aliphatic carbocycles. The molecule has 0 spiro atoms. The molecule has 0 saturated carbocycles. The molecule has 8 heteroatoms. The summed E-state index contributed by atoms with van der Waals surface area (Å²) in [6.45, 7) is 1.62. The third-order valence-electron chi connectivity index (χ3n) is 3.05. The summed E-state index contributed by atoms with van der Waals surface area (Å²) in [4.78, 5) is 23.9. The number of esters is 1. The fraction of sp³-hybridized carbons (Fsp3) is 0.176. The van der Waals surface area contributed by atoms with Crippen LogP contribution < -0.4 is 10.1 Å². The van der Waals surface area contributed by atoms with Crippen molar-refractivity contribution < 1.29 is 18.7 Å². The van der Waals surface area contributed by atoms with Gasteiger partial charge in [-0.3, -0.25) is 9.59 Å². The normalized spacial score (nSPS) is 11.7. The van der Waals surface area contributed by atoms with Crippen molar-refractivity contribution in [3.63, 3.8) is 0 Å². The van der Waals surface area contributed by atoms with Gasteiger partial charge in [0.25, 0.3) is 0 Å². The molecule has 1 N–H and O–H groups in total. The van der Waals surface area contributed by atoms with E-state index in [0.29, 0.717) is 5.69 Å². The average Bonchev–Trinajstić information content (AvgIpc) is 2.58. The smallest absolute Gasteiger partial charge is 0.324 e. The SMILES string of the molecule is C[C@@H](SCC(=O)Nc1ccc(F)cc1)C(=O)Oc1cccc(Cl)c1Cl. The first kappa shape index (κ1) is 19.6. The number of hydrogen-bond acceptors (Lipinski definition) is 4. The zero-order valence-corrected chi connectivity index (χ0v) is 15.4. The molecule has 2 aromatic carbocycles. The Morgan fingerprint density at radius 3 is 2.56 bits per heavy atom. The molecule has 0 aromatic heterocycles. The zero-order chi connectivity index (χ0) is 18.4. The van der Waals surface area contributed by atoms with Crippen LogP contribution >= 0.6 is 35.0 Å². The Hall–Kier alpha value is -1.76. The van der Waals surface area contributed by atoms with Gasteiger partial charge in [0.1, 0.15) is 16.1 Å². The lowest BCUT2D eigenvalue weighted by molar-refractivity contribution is -0.133. The molecule has 0 saturated heterocycles. The van der Waals surface area contributed by atoms with Crippen LogP contribution in [0.15, 0.2) is 42.5 Å². The van der Waals surface area contributed by atoms with Gasteiger partial charge in [-0.15, -0.1) is 11.8 Å². The number of carbonyl (C=O) groups excluding carboxylic acids is 2. The molecule has 0 aliphatic heterocycles. The highest BCUT2D eigenvalue weighted by Gasteiger charge is 2.19. The lowest BCUT2D eigenvalue weighted by Gasteiger charge is -2.12. The summed E-state index contributed by atoms with van der Waals surface area (Å²) in [6, 6.07) is 10.1. The van der Waals surface area contributed by atoms with Crippen LogP contribution in [0.2, 0.25) is 10.0 Å². The van der Waals surface area contributed by atoms with Gasteiger partial charge in [-0.1, -0.05) is 29.3 Å². The van der Waals surface area contributed by atoms with Crippen molar-refractivity contribution in [1.82, 2.24) is 0 Å². The van der Waals surface area contributed by atoms with E-state index >= 15 is 0 Å². The molecule has 0 aliphatic rings. The third kappa shape index (κ3) is 5.92. The van der Waals surface area contributed by atoms with Crippen LogP contribution in [0.5, 0.6) is 5.75 Å². The van der Waals surface area contributed by atoms with Crippen molar-refractivity contribution in [2.24, 2.45) is 0 Å². The van der Waals surface area contributed by atoms with Gasteiger partial charge in [0.15, 0.2) is 5.75 Å². The molecule has 25 heavy (non-hydrogen) atoms. The van der Waals surface area contributed by atoms with Crippen molar-refractivity contribution in [3.8, 4) is 5.75 Å². The van der Waals surface area contributed by atoms with Crippen LogP contribution in [0.25, 0.3) is 0 Å². The Morgan fingerprint density at radius 2 is 1.88 bits per heavy atom. The maximum absolute atomic E-state index is 12.8. The maximum atomic E-state index is 12.8. The van der Waals surface area contributed by atoms with E-state index in [1.807, 2.05) is 0 Å². The quantitative estimate of drug-likeness (QED) is 0.557. The second-order valence-electron chi connectivity index (χ2n) is 4.98. The topological polar surface area (TPSA) is 55.4 Å². The van der Waals surface area contributed by atoms with Gasteiger partial charge < -0.3 is 10.1 Å². The van der Waals surface area contributed by atoms with Gasteiger partial charge >= 0.3 is 5.97 Å². The first-order chi connectivity index (χ1) is 11.9. The van der Waals surface area contributed by atoms with Crippen molar-refractivity contribution in [2.75, 3.05) is 11.1 Å². The first-order valence-electron chi connectivity index (χ1n) is 7.19. The highest BCUT2D eigenvalue weighted by molar-refractivity contribution is 8.01. The molecule has 2 aromatic rings. The van der Waals surface area contributed by atoms with Crippen molar-refractivity contribution >= 4 is 52.5 Å². The van der Waals surface area contributed by atoms with E-state index in [1.54, 1.807) is 19.1 Å². The van der Waals surface area contributed by atoms with Gasteiger partial charge in [-0.2, -0.15) is 0 Å². The molecular formula is C17H14Cl2FNO3S. The summed E-state index contributed by atoms with van der Waals surface area (Å²) >= 11 is 12.9. The molecule has 0 unspecified atom stereocenters. The Morgan fingerprint density at radius 1 is 1.20 bits per heavy atom. The third-order valence-corrected chi connectivity index (χ3v) is 4.97. The molecule has 0 heterocycles. The molecule has 0 fully saturated rings. The van der Waals surface area contributed by atoms with E-state index in [2.05, 4.69) is 5.32 Å². The van der Waals surface area contributed by atoms with Gasteiger partial charge in [-0.25, -0.2) is 4.39 Å². The highest BCUT2D eigenvalue weighted by atomic mass is 35.5. The zero-order valence-electron chi connectivity index (χ0n) is 13.1. The molecule has 0 bridgehead atoms. The molecule has 2 rings (SSSR count). The fourth-order valence-corrected chi connectivity index (χ4v) is 2.74. The van der Waals surface area contributed by atoms with E-state index in [9.17, 15) is 14.0 Å².